The zero-order chi connectivity index (χ0) is 45.0. The summed E-state index contributed by atoms with van der Waals surface area (Å²) in [6, 6.07) is 61.3. The molecule has 2 heteroatoms. The molecule has 276 valence electrons. The highest BCUT2D eigenvalue weighted by atomic mass is 15.1. The summed E-state index contributed by atoms with van der Waals surface area (Å²) in [4.78, 5) is 2.26. The van der Waals surface area contributed by atoms with Gasteiger partial charge in [0.05, 0.1) is 31.7 Å². The maximum Gasteiger partial charge on any atom is 0.0740 e. The molecule has 0 amide bonds. The van der Waals surface area contributed by atoms with Gasteiger partial charge < -0.3 is 9.47 Å². The van der Waals surface area contributed by atoms with E-state index < -0.39 is 35.6 Å². The van der Waals surface area contributed by atoms with E-state index in [2.05, 4.69) is 125 Å². The summed E-state index contributed by atoms with van der Waals surface area (Å²) in [7, 11) is 0. The molecule has 11 aromatic rings. The van der Waals surface area contributed by atoms with Gasteiger partial charge in [0.15, 0.2) is 0 Å². The molecule has 1 heterocycles. The zero-order valence-electron chi connectivity index (χ0n) is 38.8. The number of rotatable bonds is 6. The van der Waals surface area contributed by atoms with E-state index in [0.29, 0.717) is 0 Å². The highest BCUT2D eigenvalue weighted by Crippen LogP contribution is 2.60. The van der Waals surface area contributed by atoms with Gasteiger partial charge in [0.2, 0.25) is 0 Å². The van der Waals surface area contributed by atoms with Gasteiger partial charge >= 0.3 is 0 Å². The van der Waals surface area contributed by atoms with E-state index in [1.165, 1.54) is 0 Å². The molecule has 0 aliphatic heterocycles. The zero-order valence-corrected chi connectivity index (χ0v) is 31.8. The Morgan fingerprint density at radius 2 is 1.07 bits per heavy atom. The number of anilines is 3. The second-order valence-corrected chi connectivity index (χ2v) is 15.1. The molecular weight excluding hydrogens is 713 g/mol. The molecule has 1 aliphatic carbocycles. The molecule has 0 radical (unpaired) electrons. The van der Waals surface area contributed by atoms with Gasteiger partial charge in [-0.3, -0.25) is 0 Å². The molecule has 0 N–H and O–H groups in total. The Balaban J connectivity index is 1.29. The molecule has 0 bridgehead atoms. The molecule has 0 saturated heterocycles. The average molecular weight is 758 g/mol. The van der Waals surface area contributed by atoms with Gasteiger partial charge in [0.25, 0.3) is 0 Å². The number of aromatic nitrogens is 1. The lowest BCUT2D eigenvalue weighted by molar-refractivity contribution is 0.780. The molecule has 0 spiro atoms. The second kappa shape index (κ2) is 13.2. The lowest BCUT2D eigenvalue weighted by atomic mass is 9.66. The summed E-state index contributed by atoms with van der Waals surface area (Å²) in [5.41, 5.74) is 8.47. The van der Waals surface area contributed by atoms with Crippen LogP contribution in [-0.2, 0) is 5.41 Å². The first-order chi connectivity index (χ1) is 32.2. The minimum Gasteiger partial charge on any atom is -0.310 e. The summed E-state index contributed by atoms with van der Waals surface area (Å²) >= 11 is 0. The number of hydrogen-bond acceptors (Lipinski definition) is 1. The maximum absolute atomic E-state index is 10.1. The topological polar surface area (TPSA) is 8.17 Å². The van der Waals surface area contributed by atoms with Crippen molar-refractivity contribution in [3.63, 3.8) is 0 Å². The quantitative estimate of drug-likeness (QED) is 0.164. The van der Waals surface area contributed by atoms with Crippen molar-refractivity contribution in [2.45, 2.75) is 5.41 Å². The molecular formula is C57H38N2. The molecule has 1 unspecified atom stereocenters. The van der Waals surface area contributed by atoms with Gasteiger partial charge in [0, 0.05) is 33.2 Å². The molecule has 0 fully saturated rings. The third-order valence-electron chi connectivity index (χ3n) is 12.1. The predicted molar refractivity (Wildman–Crippen MR) is 248 cm³/mol. The first-order valence-electron chi connectivity index (χ1n) is 23.4. The van der Waals surface area contributed by atoms with Crippen LogP contribution in [0, 0.1) is 0 Å². The standard InChI is InChI=1S/C57H38N2/c1-3-22-41(23-4-1)58(54-35-16-21-40-19-8-10-27-45(40)54)43-36-37-52-49(38-43)46-28-11-13-31-51(46)57(52,50-32-15-20-39-18-7-9-26-44(39)50)53-33-17-30-48-47-29-12-14-34-55(47)59(56(48)53)42-24-5-2-6-25-42/h1-38H/i7D,9D,15D,18D,20D,26D,32D. The van der Waals surface area contributed by atoms with Gasteiger partial charge in [-0.1, -0.05) is 182 Å². The van der Waals surface area contributed by atoms with E-state index in [4.69, 9.17) is 2.74 Å². The summed E-state index contributed by atoms with van der Waals surface area (Å²) < 4.78 is 67.8. The third kappa shape index (κ3) is 4.87. The van der Waals surface area contributed by atoms with Crippen molar-refractivity contribution in [2.75, 3.05) is 4.90 Å². The maximum atomic E-state index is 10.1. The predicted octanol–water partition coefficient (Wildman–Crippen LogP) is 14.9. The number of hydrogen-bond donors (Lipinski definition) is 0. The van der Waals surface area contributed by atoms with Crippen LogP contribution in [0.5, 0.6) is 0 Å². The van der Waals surface area contributed by atoms with Crippen LogP contribution in [-0.4, -0.2) is 4.57 Å². The first kappa shape index (κ1) is 27.0. The van der Waals surface area contributed by atoms with Gasteiger partial charge in [-0.15, -0.1) is 0 Å². The number of fused-ring (bicyclic) bond motifs is 8. The number of nitrogens with zero attached hydrogens (tertiary/aromatic N) is 2. The van der Waals surface area contributed by atoms with Crippen molar-refractivity contribution < 1.29 is 9.60 Å². The van der Waals surface area contributed by atoms with Crippen molar-refractivity contribution in [3.05, 3.63) is 253 Å². The van der Waals surface area contributed by atoms with Crippen LogP contribution in [0.1, 0.15) is 31.8 Å². The Morgan fingerprint density at radius 3 is 1.97 bits per heavy atom. The molecule has 0 saturated carbocycles. The van der Waals surface area contributed by atoms with Crippen molar-refractivity contribution >= 4 is 60.4 Å². The fourth-order valence-electron chi connectivity index (χ4n) is 9.77. The van der Waals surface area contributed by atoms with Crippen LogP contribution in [0.2, 0.25) is 0 Å². The molecule has 10 aromatic carbocycles. The van der Waals surface area contributed by atoms with Crippen LogP contribution >= 0.6 is 0 Å². The summed E-state index contributed by atoms with van der Waals surface area (Å²) in [5.74, 6) is 0. The SMILES string of the molecule is [2H]c1c([2H])c([2H])c2c(C3(c4cccc5c6ccccc6n(-c6ccccc6)c45)c4ccccc4-c4cc(N(c5ccccc5)c5cccc6ccccc56)ccc43)c([2H])c([2H])c([2H])c2c1[2H]. The van der Waals surface area contributed by atoms with Gasteiger partial charge in [-0.2, -0.15) is 0 Å². The minimum atomic E-state index is -1.46. The van der Waals surface area contributed by atoms with Gasteiger partial charge in [0.1, 0.15) is 0 Å². The molecule has 2 nitrogen and oxygen atoms in total. The second-order valence-electron chi connectivity index (χ2n) is 15.1. The Morgan fingerprint density at radius 1 is 0.407 bits per heavy atom. The summed E-state index contributed by atoms with van der Waals surface area (Å²) in [5, 5.41) is 4.13. The smallest absolute Gasteiger partial charge is 0.0740 e. The van der Waals surface area contributed by atoms with E-state index in [9.17, 15) is 6.85 Å². The van der Waals surface area contributed by atoms with Crippen LogP contribution in [0.3, 0.4) is 0 Å². The lowest BCUT2D eigenvalue weighted by Gasteiger charge is -2.36. The van der Waals surface area contributed by atoms with Crippen molar-refractivity contribution in [3.8, 4) is 16.8 Å². The Labute approximate surface area is 353 Å². The summed E-state index contributed by atoms with van der Waals surface area (Å²) in [6.45, 7) is 0. The van der Waals surface area contributed by atoms with E-state index >= 15 is 0 Å². The van der Waals surface area contributed by atoms with Crippen LogP contribution in [0.15, 0.2) is 230 Å². The number of para-hydroxylation sites is 4. The average Bonchev–Trinajstić information content (AvgIpc) is 3.85. The molecule has 1 atom stereocenters. The molecule has 1 aromatic heterocycles. The van der Waals surface area contributed by atoms with Gasteiger partial charge in [-0.05, 0) is 98.1 Å². The monoisotopic (exact) mass is 757 g/mol. The normalized spacial score (nSPS) is 16.2. The largest absolute Gasteiger partial charge is 0.310 e. The minimum absolute atomic E-state index is 0.0553. The highest BCUT2D eigenvalue weighted by Gasteiger charge is 2.48. The van der Waals surface area contributed by atoms with Crippen LogP contribution in [0.4, 0.5) is 17.1 Å². The van der Waals surface area contributed by atoms with Crippen LogP contribution < -0.4 is 4.90 Å². The van der Waals surface area contributed by atoms with Crippen LogP contribution in [0.25, 0.3) is 60.2 Å². The van der Waals surface area contributed by atoms with Crippen molar-refractivity contribution in [1.82, 2.24) is 4.57 Å². The van der Waals surface area contributed by atoms with Crippen molar-refractivity contribution in [1.29, 1.82) is 0 Å². The van der Waals surface area contributed by atoms with E-state index in [0.717, 1.165) is 83.1 Å². The highest BCUT2D eigenvalue weighted by molar-refractivity contribution is 6.12. The summed E-state index contributed by atoms with van der Waals surface area (Å²) in [6.07, 6.45) is 0. The molecule has 12 rings (SSSR count). The lowest BCUT2D eigenvalue weighted by Crippen LogP contribution is -2.29. The first-order valence-corrected chi connectivity index (χ1v) is 19.9. The van der Waals surface area contributed by atoms with E-state index in [1.807, 2.05) is 72.8 Å². The fourth-order valence-corrected chi connectivity index (χ4v) is 9.77. The molecule has 1 aliphatic rings. The molecule has 59 heavy (non-hydrogen) atoms. The third-order valence-corrected chi connectivity index (χ3v) is 12.1. The van der Waals surface area contributed by atoms with Gasteiger partial charge in [-0.25, -0.2) is 0 Å². The number of benzene rings is 10. The Kier molecular flexibility index (Phi) is 6.05. The Hall–Kier alpha value is -7.68. The van der Waals surface area contributed by atoms with E-state index in [1.54, 1.807) is 0 Å². The van der Waals surface area contributed by atoms with Crippen molar-refractivity contribution in [2.24, 2.45) is 0 Å². The fraction of sp³-hybridized carbons (Fsp3) is 0.0175. The Bertz CT molecular complexity index is 3800. The van der Waals surface area contributed by atoms with E-state index in [-0.39, 0.29) is 28.4 Å².